The van der Waals surface area contributed by atoms with Gasteiger partial charge in [0.2, 0.25) is 0 Å². The molecule has 0 heterocycles. The lowest BCUT2D eigenvalue weighted by Crippen LogP contribution is -2.08. The van der Waals surface area contributed by atoms with Gasteiger partial charge in [-0.15, -0.1) is 0 Å². The quantitative estimate of drug-likeness (QED) is 0.0977. The number of carbonyl (C=O) groups is 2. The van der Waals surface area contributed by atoms with Gasteiger partial charge in [0.15, 0.2) is 0 Å². The molecule has 4 heteroatoms. The van der Waals surface area contributed by atoms with E-state index in [1.54, 1.807) is 0 Å². The number of carboxylic acids is 2. The molecule has 214 valence electrons. The van der Waals surface area contributed by atoms with Gasteiger partial charge in [0.25, 0.3) is 0 Å². The van der Waals surface area contributed by atoms with Crippen LogP contribution in [-0.4, -0.2) is 22.2 Å². The van der Waals surface area contributed by atoms with Gasteiger partial charge in [-0.3, -0.25) is 9.59 Å². The molecule has 2 N–H and O–H groups in total. The molecule has 0 aliphatic carbocycles. The number of aliphatic carboxylic acids is 2. The van der Waals surface area contributed by atoms with E-state index in [9.17, 15) is 9.59 Å². The molecule has 4 nitrogen and oxygen atoms in total. The molecule has 0 aliphatic heterocycles. The zero-order chi connectivity index (χ0) is 28.5. The molecule has 0 aromatic heterocycles. The van der Waals surface area contributed by atoms with Crippen molar-refractivity contribution in [1.29, 1.82) is 0 Å². The minimum absolute atomic E-state index is 0.305. The second-order valence-electron chi connectivity index (χ2n) is 11.1. The number of hydrogen-bond acceptors (Lipinski definition) is 2. The van der Waals surface area contributed by atoms with Crippen molar-refractivity contribution in [2.24, 2.45) is 11.8 Å². The lowest BCUT2D eigenvalue weighted by Gasteiger charge is -2.19. The van der Waals surface area contributed by atoms with Gasteiger partial charge in [-0.05, 0) is 24.6 Å². The minimum atomic E-state index is -0.683. The van der Waals surface area contributed by atoms with Crippen LogP contribution >= 0.6 is 0 Å². The summed E-state index contributed by atoms with van der Waals surface area (Å²) in [6, 6.07) is 0. The standard InChI is InChI=1S/C32H62O4/c1-29(25-21-17-13-9-5-3-7-11-15-19-23-27-31(33)34)30(2)26-22-18-14-10-6-4-8-12-16-20-24-28-32(35)36/h29-30H,3-28H2,1-2H3,(H,33,34)(H,35,36)/t29-,30-/m1/s1/i29D,30D. The fraction of sp³-hybridized carbons (Fsp3) is 0.938. The van der Waals surface area contributed by atoms with E-state index in [2.05, 4.69) is 0 Å². The van der Waals surface area contributed by atoms with Crippen molar-refractivity contribution in [3.8, 4) is 0 Å². The van der Waals surface area contributed by atoms with Crippen LogP contribution in [0.1, 0.15) is 184 Å². The van der Waals surface area contributed by atoms with Crippen LogP contribution in [0.2, 0.25) is 0 Å². The van der Waals surface area contributed by atoms with Crippen molar-refractivity contribution in [3.05, 3.63) is 0 Å². The zero-order valence-corrected chi connectivity index (χ0v) is 24.1. The summed E-state index contributed by atoms with van der Waals surface area (Å²) in [4.78, 5) is 21.0. The lowest BCUT2D eigenvalue weighted by atomic mass is 9.86. The fourth-order valence-corrected chi connectivity index (χ4v) is 4.94. The summed E-state index contributed by atoms with van der Waals surface area (Å²) < 4.78 is 17.6. The van der Waals surface area contributed by atoms with Gasteiger partial charge in [0, 0.05) is 15.6 Å². The van der Waals surface area contributed by atoms with Crippen molar-refractivity contribution >= 4 is 11.9 Å². The molecule has 0 fully saturated rings. The van der Waals surface area contributed by atoms with Crippen LogP contribution in [-0.2, 0) is 9.59 Å². The van der Waals surface area contributed by atoms with E-state index >= 15 is 0 Å². The maximum atomic E-state index is 10.5. The Morgan fingerprint density at radius 2 is 0.639 bits per heavy atom. The normalized spacial score (nSPS) is 15.6. The summed E-state index contributed by atoms with van der Waals surface area (Å²) in [6.07, 6.45) is 27.7. The van der Waals surface area contributed by atoms with Crippen LogP contribution in [0.4, 0.5) is 0 Å². The lowest BCUT2D eigenvalue weighted by molar-refractivity contribution is -0.138. The van der Waals surface area contributed by atoms with E-state index in [1.807, 2.05) is 13.8 Å². The molecule has 0 aromatic carbocycles. The van der Waals surface area contributed by atoms with Gasteiger partial charge < -0.3 is 10.2 Å². The van der Waals surface area contributed by atoms with Crippen molar-refractivity contribution in [1.82, 2.24) is 0 Å². The molecular formula is C32H62O4. The molecular weight excluding hydrogens is 448 g/mol. The monoisotopic (exact) mass is 512 g/mol. The molecule has 0 amide bonds. The maximum absolute atomic E-state index is 10.5. The van der Waals surface area contributed by atoms with Crippen molar-refractivity contribution in [2.45, 2.75) is 181 Å². The zero-order valence-electron chi connectivity index (χ0n) is 26.1. The van der Waals surface area contributed by atoms with Crippen LogP contribution in [0.5, 0.6) is 0 Å². The summed E-state index contributed by atoms with van der Waals surface area (Å²) in [6.45, 7) is 3.94. The van der Waals surface area contributed by atoms with Crippen LogP contribution in [0.3, 0.4) is 0 Å². The first-order chi connectivity index (χ1) is 18.1. The molecule has 0 saturated heterocycles. The summed E-state index contributed by atoms with van der Waals surface area (Å²) >= 11 is 0. The highest BCUT2D eigenvalue weighted by atomic mass is 16.4. The average molecular weight is 513 g/mol. The highest BCUT2D eigenvalue weighted by Gasteiger charge is 2.11. The molecule has 0 rings (SSSR count). The summed E-state index contributed by atoms with van der Waals surface area (Å²) in [5.41, 5.74) is 0. The van der Waals surface area contributed by atoms with E-state index in [0.717, 1.165) is 64.2 Å². The topological polar surface area (TPSA) is 74.6 Å². The minimum Gasteiger partial charge on any atom is -0.481 e. The van der Waals surface area contributed by atoms with Crippen LogP contribution in [0.15, 0.2) is 0 Å². The van der Waals surface area contributed by atoms with E-state index in [-0.39, 0.29) is 0 Å². The molecule has 0 bridgehead atoms. The smallest absolute Gasteiger partial charge is 0.303 e. The van der Waals surface area contributed by atoms with Crippen LogP contribution < -0.4 is 0 Å². The van der Waals surface area contributed by atoms with E-state index in [4.69, 9.17) is 13.0 Å². The Kier molecular flexibility index (Phi) is 23.4. The first-order valence-electron chi connectivity index (χ1n) is 16.5. The third kappa shape index (κ3) is 27.5. The van der Waals surface area contributed by atoms with Gasteiger partial charge in [-0.1, -0.05) is 155 Å². The van der Waals surface area contributed by atoms with Gasteiger partial charge >= 0.3 is 11.9 Å². The average Bonchev–Trinajstić information content (AvgIpc) is 2.84. The second kappa shape index (κ2) is 27.0. The van der Waals surface area contributed by atoms with Gasteiger partial charge in [-0.25, -0.2) is 0 Å². The third-order valence-electron chi connectivity index (χ3n) is 7.61. The summed E-state index contributed by atoms with van der Waals surface area (Å²) in [5.74, 6) is -2.73. The Morgan fingerprint density at radius 3 is 0.861 bits per heavy atom. The summed E-state index contributed by atoms with van der Waals surface area (Å²) in [5, 5.41) is 17.3. The number of carboxylic acid groups (broad SMARTS) is 2. The Balaban J connectivity index is 3.61. The van der Waals surface area contributed by atoms with E-state index < -0.39 is 23.7 Å². The van der Waals surface area contributed by atoms with Gasteiger partial charge in [0.05, 0.1) is 0 Å². The van der Waals surface area contributed by atoms with Crippen molar-refractivity contribution < 1.29 is 22.5 Å². The second-order valence-corrected chi connectivity index (χ2v) is 11.1. The Hall–Kier alpha value is -1.06. The molecule has 0 aliphatic rings. The SMILES string of the molecule is [2H][C@@](C)(CCCCCCCCCCCCCC(=O)O)[C@]([2H])(C)CCCCCCCCCCCCCC(=O)O. The van der Waals surface area contributed by atoms with E-state index in [1.165, 1.54) is 89.9 Å². The third-order valence-corrected chi connectivity index (χ3v) is 7.61. The van der Waals surface area contributed by atoms with Crippen LogP contribution in [0, 0.1) is 11.8 Å². The molecule has 2 atom stereocenters. The number of rotatable bonds is 29. The predicted octanol–water partition coefficient (Wildman–Crippen LogP) is 10.6. The first-order valence-corrected chi connectivity index (χ1v) is 15.5. The highest BCUT2D eigenvalue weighted by Crippen LogP contribution is 2.24. The largest absolute Gasteiger partial charge is 0.481 e. The van der Waals surface area contributed by atoms with E-state index in [0.29, 0.717) is 12.8 Å². The molecule has 0 radical (unpaired) electrons. The Morgan fingerprint density at radius 1 is 0.444 bits per heavy atom. The molecule has 0 unspecified atom stereocenters. The molecule has 0 saturated carbocycles. The number of unbranched alkanes of at least 4 members (excludes halogenated alkanes) is 20. The van der Waals surface area contributed by atoms with Crippen molar-refractivity contribution in [3.63, 3.8) is 0 Å². The predicted molar refractivity (Wildman–Crippen MR) is 154 cm³/mol. The van der Waals surface area contributed by atoms with Gasteiger partial charge in [0.1, 0.15) is 0 Å². The molecule has 36 heavy (non-hydrogen) atoms. The number of hydrogen-bond donors (Lipinski definition) is 2. The fourth-order valence-electron chi connectivity index (χ4n) is 4.94. The first kappa shape index (κ1) is 31.2. The van der Waals surface area contributed by atoms with Crippen molar-refractivity contribution in [2.75, 3.05) is 0 Å². The summed E-state index contributed by atoms with van der Waals surface area (Å²) in [7, 11) is 0. The highest BCUT2D eigenvalue weighted by molar-refractivity contribution is 5.66. The molecule has 0 spiro atoms. The molecule has 0 aromatic rings. The maximum Gasteiger partial charge on any atom is 0.303 e. The van der Waals surface area contributed by atoms with Crippen LogP contribution in [0.25, 0.3) is 0 Å². The Labute approximate surface area is 227 Å². The van der Waals surface area contributed by atoms with Gasteiger partial charge in [-0.2, -0.15) is 0 Å². The Bertz CT molecular complexity index is 528.